The number of fused-ring (bicyclic) bond motifs is 1. The number of pyridine rings is 1. The molecule has 0 radical (unpaired) electrons. The van der Waals surface area contributed by atoms with E-state index in [0.717, 1.165) is 27.8 Å². The van der Waals surface area contributed by atoms with Crippen LogP contribution in [0.1, 0.15) is 20.8 Å². The van der Waals surface area contributed by atoms with Crippen molar-refractivity contribution in [3.63, 3.8) is 0 Å². The Labute approximate surface area is 136 Å². The third-order valence-corrected chi connectivity index (χ3v) is 3.73. The number of benzene rings is 2. The standard InChI is InChI=1S/C20H20N2O/c1-20(2,3)19(23)22-17-11-7-5-9-15(17)18-13-12-14-8-4-6-10-16(14)21-18/h4-13H,1-3H3,(H,22,23). The van der Waals surface area contributed by atoms with E-state index in [1.54, 1.807) is 0 Å². The van der Waals surface area contributed by atoms with Crippen LogP contribution in [-0.4, -0.2) is 10.9 Å². The highest BCUT2D eigenvalue weighted by Gasteiger charge is 2.22. The summed E-state index contributed by atoms with van der Waals surface area (Å²) >= 11 is 0. The van der Waals surface area contributed by atoms with Crippen molar-refractivity contribution in [2.45, 2.75) is 20.8 Å². The molecule has 0 unspecified atom stereocenters. The van der Waals surface area contributed by atoms with E-state index >= 15 is 0 Å². The normalized spacial score (nSPS) is 11.4. The van der Waals surface area contributed by atoms with Crippen LogP contribution in [0, 0.1) is 5.41 Å². The number of carbonyl (C=O) groups is 1. The summed E-state index contributed by atoms with van der Waals surface area (Å²) in [6.45, 7) is 5.71. The quantitative estimate of drug-likeness (QED) is 0.732. The first kappa shape index (κ1) is 15.2. The Morgan fingerprint density at radius 1 is 0.913 bits per heavy atom. The minimum Gasteiger partial charge on any atom is -0.325 e. The Morgan fingerprint density at radius 3 is 2.39 bits per heavy atom. The first-order valence-corrected chi connectivity index (χ1v) is 7.72. The monoisotopic (exact) mass is 304 g/mol. The van der Waals surface area contributed by atoms with Gasteiger partial charge < -0.3 is 5.32 Å². The van der Waals surface area contributed by atoms with Gasteiger partial charge in [-0.3, -0.25) is 4.79 Å². The van der Waals surface area contributed by atoms with Crippen LogP contribution >= 0.6 is 0 Å². The molecule has 1 aromatic heterocycles. The highest BCUT2D eigenvalue weighted by molar-refractivity contribution is 5.98. The molecule has 0 aliphatic rings. The molecule has 1 N–H and O–H groups in total. The molecule has 0 fully saturated rings. The third-order valence-electron chi connectivity index (χ3n) is 3.73. The molecule has 0 spiro atoms. The Bertz CT molecular complexity index is 863. The lowest BCUT2D eigenvalue weighted by Gasteiger charge is -2.19. The molecule has 3 rings (SSSR count). The van der Waals surface area contributed by atoms with Crippen molar-refractivity contribution in [1.82, 2.24) is 4.98 Å². The van der Waals surface area contributed by atoms with Gasteiger partial charge in [-0.25, -0.2) is 4.98 Å². The predicted molar refractivity (Wildman–Crippen MR) is 95.3 cm³/mol. The maximum Gasteiger partial charge on any atom is 0.229 e. The minimum absolute atomic E-state index is 0.00857. The summed E-state index contributed by atoms with van der Waals surface area (Å²) in [5.74, 6) is -0.00857. The number of anilines is 1. The number of nitrogens with one attached hydrogen (secondary N) is 1. The average Bonchev–Trinajstić information content (AvgIpc) is 2.54. The Morgan fingerprint density at radius 2 is 1.61 bits per heavy atom. The maximum absolute atomic E-state index is 12.3. The fraction of sp³-hybridized carbons (Fsp3) is 0.200. The van der Waals surface area contributed by atoms with Gasteiger partial charge >= 0.3 is 0 Å². The molecule has 0 aliphatic heterocycles. The molecule has 23 heavy (non-hydrogen) atoms. The predicted octanol–water partition coefficient (Wildman–Crippen LogP) is 4.89. The van der Waals surface area contributed by atoms with E-state index in [2.05, 4.69) is 11.4 Å². The second kappa shape index (κ2) is 5.84. The molecule has 0 aliphatic carbocycles. The minimum atomic E-state index is -0.441. The van der Waals surface area contributed by atoms with E-state index in [4.69, 9.17) is 4.98 Å². The van der Waals surface area contributed by atoms with Crippen molar-refractivity contribution in [3.8, 4) is 11.3 Å². The first-order valence-electron chi connectivity index (χ1n) is 7.72. The third kappa shape index (κ3) is 3.24. The number of hydrogen-bond donors (Lipinski definition) is 1. The largest absolute Gasteiger partial charge is 0.325 e. The van der Waals surface area contributed by atoms with E-state index in [9.17, 15) is 4.79 Å². The van der Waals surface area contributed by atoms with E-state index in [1.165, 1.54) is 0 Å². The lowest BCUT2D eigenvalue weighted by atomic mass is 9.95. The smallest absolute Gasteiger partial charge is 0.229 e. The highest BCUT2D eigenvalue weighted by atomic mass is 16.2. The fourth-order valence-corrected chi connectivity index (χ4v) is 2.34. The van der Waals surface area contributed by atoms with Gasteiger partial charge in [0.05, 0.1) is 16.9 Å². The molecule has 1 heterocycles. The number of carbonyl (C=O) groups excluding carboxylic acids is 1. The Hall–Kier alpha value is -2.68. The van der Waals surface area contributed by atoms with Gasteiger partial charge in [0.15, 0.2) is 0 Å². The number of aromatic nitrogens is 1. The van der Waals surface area contributed by atoms with E-state index in [0.29, 0.717) is 0 Å². The van der Waals surface area contributed by atoms with Crippen molar-refractivity contribution in [1.29, 1.82) is 0 Å². The van der Waals surface area contributed by atoms with Crippen LogP contribution in [0.25, 0.3) is 22.2 Å². The molecule has 0 bridgehead atoms. The number of rotatable bonds is 2. The van der Waals surface area contributed by atoms with E-state index in [1.807, 2.05) is 75.4 Å². The van der Waals surface area contributed by atoms with Gasteiger partial charge in [0.1, 0.15) is 0 Å². The summed E-state index contributed by atoms with van der Waals surface area (Å²) in [4.78, 5) is 17.0. The molecule has 0 saturated carbocycles. The number of hydrogen-bond acceptors (Lipinski definition) is 2. The SMILES string of the molecule is CC(C)(C)C(=O)Nc1ccccc1-c1ccc2ccccc2n1. The van der Waals surface area contributed by atoms with Crippen molar-refractivity contribution in [2.75, 3.05) is 5.32 Å². The van der Waals surface area contributed by atoms with E-state index < -0.39 is 5.41 Å². The summed E-state index contributed by atoms with van der Waals surface area (Å²) in [7, 11) is 0. The number of para-hydroxylation sites is 2. The summed E-state index contributed by atoms with van der Waals surface area (Å²) < 4.78 is 0. The molecule has 116 valence electrons. The van der Waals surface area contributed by atoms with Crippen LogP contribution in [-0.2, 0) is 4.79 Å². The first-order chi connectivity index (χ1) is 10.9. The van der Waals surface area contributed by atoms with Gasteiger partial charge in [-0.15, -0.1) is 0 Å². The van der Waals surface area contributed by atoms with Gasteiger partial charge in [-0.2, -0.15) is 0 Å². The van der Waals surface area contributed by atoms with Crippen LogP contribution in [0.4, 0.5) is 5.69 Å². The lowest BCUT2D eigenvalue weighted by Crippen LogP contribution is -2.27. The summed E-state index contributed by atoms with van der Waals surface area (Å²) in [6.07, 6.45) is 0. The van der Waals surface area contributed by atoms with Gasteiger partial charge in [0.25, 0.3) is 0 Å². The molecular weight excluding hydrogens is 284 g/mol. The molecule has 3 nitrogen and oxygen atoms in total. The van der Waals surface area contributed by atoms with E-state index in [-0.39, 0.29) is 5.91 Å². The van der Waals surface area contributed by atoms with Gasteiger partial charge in [-0.1, -0.05) is 63.2 Å². The molecule has 3 aromatic rings. The average molecular weight is 304 g/mol. The van der Waals surface area contributed by atoms with Gasteiger partial charge in [0, 0.05) is 16.4 Å². The zero-order valence-corrected chi connectivity index (χ0v) is 13.6. The van der Waals surface area contributed by atoms with Crippen molar-refractivity contribution in [3.05, 3.63) is 60.7 Å². The fourth-order valence-electron chi connectivity index (χ4n) is 2.34. The molecule has 2 aromatic carbocycles. The van der Waals surface area contributed by atoms with Crippen LogP contribution in [0.5, 0.6) is 0 Å². The molecule has 1 amide bonds. The number of amides is 1. The molecule has 0 saturated heterocycles. The highest BCUT2D eigenvalue weighted by Crippen LogP contribution is 2.29. The summed E-state index contributed by atoms with van der Waals surface area (Å²) in [5.41, 5.74) is 3.07. The summed E-state index contributed by atoms with van der Waals surface area (Å²) in [5, 5.41) is 4.12. The van der Waals surface area contributed by atoms with Gasteiger partial charge in [0.2, 0.25) is 5.91 Å². The zero-order chi connectivity index (χ0) is 16.4. The Kier molecular flexibility index (Phi) is 3.87. The van der Waals surface area contributed by atoms with Crippen LogP contribution < -0.4 is 5.32 Å². The second-order valence-corrected chi connectivity index (χ2v) is 6.64. The van der Waals surface area contributed by atoms with Crippen molar-refractivity contribution in [2.24, 2.45) is 5.41 Å². The van der Waals surface area contributed by atoms with Crippen LogP contribution in [0.15, 0.2) is 60.7 Å². The summed E-state index contributed by atoms with van der Waals surface area (Å²) in [6, 6.07) is 19.8. The zero-order valence-electron chi connectivity index (χ0n) is 13.6. The van der Waals surface area contributed by atoms with Crippen LogP contribution in [0.3, 0.4) is 0 Å². The van der Waals surface area contributed by atoms with Crippen molar-refractivity contribution >= 4 is 22.5 Å². The molecular formula is C20H20N2O. The maximum atomic E-state index is 12.3. The lowest BCUT2D eigenvalue weighted by molar-refractivity contribution is -0.123. The van der Waals surface area contributed by atoms with Crippen LogP contribution in [0.2, 0.25) is 0 Å². The number of nitrogens with zero attached hydrogens (tertiary/aromatic N) is 1. The van der Waals surface area contributed by atoms with Crippen molar-refractivity contribution < 1.29 is 4.79 Å². The molecule has 0 atom stereocenters. The topological polar surface area (TPSA) is 42.0 Å². The Balaban J connectivity index is 2.03. The molecule has 3 heteroatoms. The second-order valence-electron chi connectivity index (χ2n) is 6.64. The van der Waals surface area contributed by atoms with Gasteiger partial charge in [-0.05, 0) is 18.2 Å².